The molecule has 192 valence electrons. The molecule has 2 aromatic rings. The van der Waals surface area contributed by atoms with Crippen LogP contribution in [0.3, 0.4) is 0 Å². The number of nitrogens with zero attached hydrogens (tertiary/aromatic N) is 4. The molecule has 0 fully saturated rings. The van der Waals surface area contributed by atoms with Crippen molar-refractivity contribution in [2.45, 2.75) is 51.2 Å². The number of ether oxygens (including phenoxy) is 2. The SMILES string of the molecule is CC=C1[C@@H]2C=C(C)CC1(N=[N+]=[N-])C1=C(C2)NC(OC(=O)Cc2nc3ccc(OC(F)(F)F)cc3s2)C=C1. The first-order valence-electron chi connectivity index (χ1n) is 11.5. The number of halogens is 3. The van der Waals surface area contributed by atoms with Crippen LogP contribution >= 0.6 is 11.3 Å². The molecule has 2 heterocycles. The quantitative estimate of drug-likeness (QED) is 0.159. The maximum Gasteiger partial charge on any atom is 0.573 e. The van der Waals surface area contributed by atoms with Crippen LogP contribution in [-0.2, 0) is 16.0 Å². The highest BCUT2D eigenvalue weighted by atomic mass is 32.1. The van der Waals surface area contributed by atoms with Gasteiger partial charge in [-0.15, -0.1) is 24.5 Å². The Kier molecular flexibility index (Phi) is 6.25. The summed E-state index contributed by atoms with van der Waals surface area (Å²) in [6, 6.07) is 3.83. The minimum Gasteiger partial charge on any atom is -0.438 e. The molecule has 1 aromatic carbocycles. The predicted octanol–water partition coefficient (Wildman–Crippen LogP) is 6.39. The maximum atomic E-state index is 12.7. The molecule has 37 heavy (non-hydrogen) atoms. The van der Waals surface area contributed by atoms with Crippen molar-refractivity contribution in [1.29, 1.82) is 0 Å². The van der Waals surface area contributed by atoms with Crippen LogP contribution in [0.25, 0.3) is 20.7 Å². The predicted molar refractivity (Wildman–Crippen MR) is 131 cm³/mol. The van der Waals surface area contributed by atoms with Crippen LogP contribution in [0, 0.1) is 5.92 Å². The molecular formula is C25H22F3N5O3S. The van der Waals surface area contributed by atoms with E-state index in [1.165, 1.54) is 18.2 Å². The molecule has 1 aromatic heterocycles. The Morgan fingerprint density at radius 2 is 2.24 bits per heavy atom. The van der Waals surface area contributed by atoms with E-state index in [9.17, 15) is 23.5 Å². The normalized spacial score (nSPS) is 25.8. The maximum absolute atomic E-state index is 12.7. The van der Waals surface area contributed by atoms with Crippen LogP contribution in [-0.4, -0.2) is 29.1 Å². The van der Waals surface area contributed by atoms with Crippen LogP contribution in [0.1, 0.15) is 31.7 Å². The molecule has 2 aliphatic carbocycles. The zero-order valence-electron chi connectivity index (χ0n) is 19.9. The van der Waals surface area contributed by atoms with Crippen molar-refractivity contribution in [3.63, 3.8) is 0 Å². The first-order chi connectivity index (χ1) is 17.6. The van der Waals surface area contributed by atoms with Gasteiger partial charge in [-0.2, -0.15) is 0 Å². The van der Waals surface area contributed by atoms with E-state index in [0.717, 1.165) is 33.8 Å². The highest BCUT2D eigenvalue weighted by molar-refractivity contribution is 7.18. The number of aromatic nitrogens is 1. The van der Waals surface area contributed by atoms with E-state index in [-0.39, 0.29) is 18.1 Å². The third-order valence-corrected chi connectivity index (χ3v) is 7.58. The number of hydrogen-bond acceptors (Lipinski definition) is 7. The summed E-state index contributed by atoms with van der Waals surface area (Å²) >= 11 is 1.10. The van der Waals surface area contributed by atoms with Gasteiger partial charge >= 0.3 is 12.3 Å². The summed E-state index contributed by atoms with van der Waals surface area (Å²) in [5.41, 5.74) is 13.0. The number of alkyl halides is 3. The Morgan fingerprint density at radius 3 is 2.97 bits per heavy atom. The lowest BCUT2D eigenvalue weighted by atomic mass is 9.63. The van der Waals surface area contributed by atoms with E-state index >= 15 is 0 Å². The van der Waals surface area contributed by atoms with E-state index in [2.05, 4.69) is 31.1 Å². The van der Waals surface area contributed by atoms with E-state index in [1.807, 2.05) is 26.0 Å². The van der Waals surface area contributed by atoms with Crippen molar-refractivity contribution in [2.75, 3.05) is 0 Å². The number of allylic oxidation sites excluding steroid dienone is 3. The fraction of sp³-hybridized carbons (Fsp3) is 0.360. The summed E-state index contributed by atoms with van der Waals surface area (Å²) < 4.78 is 47.5. The van der Waals surface area contributed by atoms with Gasteiger partial charge in [0.15, 0.2) is 6.23 Å². The van der Waals surface area contributed by atoms with Crippen molar-refractivity contribution in [3.05, 3.63) is 80.4 Å². The molecule has 5 rings (SSSR count). The second kappa shape index (κ2) is 9.28. The number of hydrogen-bond donors (Lipinski definition) is 1. The molecule has 3 aliphatic rings. The number of fused-ring (bicyclic) bond motifs is 4. The number of benzene rings is 1. The summed E-state index contributed by atoms with van der Waals surface area (Å²) in [5.74, 6) is -0.810. The number of nitrogens with one attached hydrogen (secondary N) is 1. The molecular weight excluding hydrogens is 507 g/mol. The van der Waals surface area contributed by atoms with Crippen LogP contribution in [0.5, 0.6) is 5.75 Å². The number of thiazole rings is 1. The van der Waals surface area contributed by atoms with Gasteiger partial charge in [-0.25, -0.2) is 4.98 Å². The molecule has 8 nitrogen and oxygen atoms in total. The van der Waals surface area contributed by atoms with Crippen LogP contribution in [0.15, 0.2) is 70.0 Å². The summed E-state index contributed by atoms with van der Waals surface area (Å²) in [7, 11) is 0. The number of esters is 1. The molecule has 0 amide bonds. The van der Waals surface area contributed by atoms with Crippen LogP contribution in [0.2, 0.25) is 0 Å². The lowest BCUT2D eigenvalue weighted by Crippen LogP contribution is -2.47. The average molecular weight is 530 g/mol. The number of rotatable bonds is 5. The Bertz CT molecular complexity index is 1450. The summed E-state index contributed by atoms with van der Waals surface area (Å²) in [4.78, 5) is 20.1. The zero-order valence-corrected chi connectivity index (χ0v) is 20.7. The van der Waals surface area contributed by atoms with Crippen molar-refractivity contribution in [2.24, 2.45) is 11.0 Å². The molecule has 1 N–H and O–H groups in total. The second-order valence-electron chi connectivity index (χ2n) is 9.06. The summed E-state index contributed by atoms with van der Waals surface area (Å²) in [6.45, 7) is 3.98. The lowest BCUT2D eigenvalue weighted by Gasteiger charge is -2.47. The van der Waals surface area contributed by atoms with Gasteiger partial charge in [0.05, 0.1) is 16.6 Å². The molecule has 0 saturated heterocycles. The molecule has 1 aliphatic heterocycles. The van der Waals surface area contributed by atoms with E-state index in [1.54, 1.807) is 6.08 Å². The highest BCUT2D eigenvalue weighted by Crippen LogP contribution is 2.52. The van der Waals surface area contributed by atoms with Gasteiger partial charge in [-0.1, -0.05) is 34.5 Å². The van der Waals surface area contributed by atoms with Crippen LogP contribution < -0.4 is 10.1 Å². The van der Waals surface area contributed by atoms with Gasteiger partial charge in [0.25, 0.3) is 0 Å². The van der Waals surface area contributed by atoms with Crippen molar-refractivity contribution < 1.29 is 27.4 Å². The monoisotopic (exact) mass is 529 g/mol. The van der Waals surface area contributed by atoms with Crippen molar-refractivity contribution in [3.8, 4) is 5.75 Å². The standard InChI is InChI=1S/C25H22F3N5O3S/c1-3-16-14-8-13(2)12-24(16,32-33-29)17-5-7-21(30-19(17)9-14)35-23(34)11-22-31-18-6-4-15(10-20(18)37-22)36-25(26,27)28/h3-8,10,14,21,30H,9,11-12H2,1-2H3/t14-,21?,24?/m1/s1. The van der Waals surface area contributed by atoms with Crippen molar-refractivity contribution >= 4 is 27.5 Å². The van der Waals surface area contributed by atoms with Gasteiger partial charge in [0.2, 0.25) is 0 Å². The topological polar surface area (TPSA) is 109 Å². The van der Waals surface area contributed by atoms with E-state index in [0.29, 0.717) is 28.1 Å². The minimum atomic E-state index is -4.79. The number of azide groups is 1. The smallest absolute Gasteiger partial charge is 0.438 e. The van der Waals surface area contributed by atoms with E-state index in [4.69, 9.17) is 4.74 Å². The molecule has 0 radical (unpaired) electrons. The summed E-state index contributed by atoms with van der Waals surface area (Å²) in [5, 5.41) is 7.93. The number of carbonyl (C=O) groups excluding carboxylic acids is 1. The molecule has 0 spiro atoms. The fourth-order valence-corrected chi connectivity index (χ4v) is 6.34. The van der Waals surface area contributed by atoms with Gasteiger partial charge in [0, 0.05) is 16.5 Å². The largest absolute Gasteiger partial charge is 0.573 e. The van der Waals surface area contributed by atoms with Gasteiger partial charge in [-0.05, 0) is 62.1 Å². The lowest BCUT2D eigenvalue weighted by molar-refractivity contribution is -0.274. The third kappa shape index (κ3) is 4.82. The molecule has 0 saturated carbocycles. The first-order valence-corrected chi connectivity index (χ1v) is 12.3. The Balaban J connectivity index is 1.29. The molecule has 3 atom stereocenters. The molecule has 12 heteroatoms. The Hall–Kier alpha value is -3.76. The van der Waals surface area contributed by atoms with E-state index < -0.39 is 24.1 Å². The molecule has 2 bridgehead atoms. The summed E-state index contributed by atoms with van der Waals surface area (Å²) in [6.07, 6.45) is 3.37. The highest BCUT2D eigenvalue weighted by Gasteiger charge is 2.47. The Morgan fingerprint density at radius 1 is 1.43 bits per heavy atom. The minimum absolute atomic E-state index is 0.0762. The molecule has 2 unspecified atom stereocenters. The Labute approximate surface area is 213 Å². The second-order valence-corrected chi connectivity index (χ2v) is 10.2. The van der Waals surface area contributed by atoms with Crippen LogP contribution in [0.4, 0.5) is 13.2 Å². The fourth-order valence-electron chi connectivity index (χ4n) is 5.36. The number of carbonyl (C=O) groups is 1. The van der Waals surface area contributed by atoms with Gasteiger partial charge in [0.1, 0.15) is 16.3 Å². The first kappa shape index (κ1) is 24.9. The van der Waals surface area contributed by atoms with Crippen molar-refractivity contribution in [1.82, 2.24) is 10.3 Å². The average Bonchev–Trinajstić information content (AvgIpc) is 3.18. The third-order valence-electron chi connectivity index (χ3n) is 6.56. The van der Waals surface area contributed by atoms with Gasteiger partial charge in [-0.3, -0.25) is 4.79 Å². The van der Waals surface area contributed by atoms with Gasteiger partial charge < -0.3 is 14.8 Å². The zero-order chi connectivity index (χ0) is 26.4. The number of dihydropyridines is 1.